The molecular weight excluding hydrogens is 582 g/mol. The van der Waals surface area contributed by atoms with Crippen molar-refractivity contribution in [2.75, 3.05) is 36.0 Å². The van der Waals surface area contributed by atoms with Gasteiger partial charge in [0.05, 0.1) is 35.3 Å². The fraction of sp³-hybridized carbons (Fsp3) is 0.500. The number of ether oxygens (including phenoxy) is 1. The van der Waals surface area contributed by atoms with Crippen LogP contribution >= 0.6 is 11.6 Å². The highest BCUT2D eigenvalue weighted by molar-refractivity contribution is 7.92. The Morgan fingerprint density at radius 2 is 1.93 bits per heavy atom. The molecule has 228 valence electrons. The lowest BCUT2D eigenvalue weighted by Gasteiger charge is -2.25. The summed E-state index contributed by atoms with van der Waals surface area (Å²) in [5.41, 5.74) is 2.74. The maximum Gasteiger partial charge on any atom is 0.407 e. The Labute approximate surface area is 251 Å². The van der Waals surface area contributed by atoms with Crippen LogP contribution in [0.3, 0.4) is 0 Å². The smallest absolute Gasteiger partial charge is 0.407 e. The highest BCUT2D eigenvalue weighted by Crippen LogP contribution is 2.30. The molecule has 42 heavy (non-hydrogen) atoms. The summed E-state index contributed by atoms with van der Waals surface area (Å²) in [4.78, 5) is 34.4. The van der Waals surface area contributed by atoms with Gasteiger partial charge >= 0.3 is 6.09 Å². The normalized spacial score (nSPS) is 16.4. The lowest BCUT2D eigenvalue weighted by Crippen LogP contribution is -2.40. The van der Waals surface area contributed by atoms with E-state index >= 15 is 0 Å². The van der Waals surface area contributed by atoms with Crippen LogP contribution in [0.5, 0.6) is 0 Å². The van der Waals surface area contributed by atoms with Gasteiger partial charge in [0, 0.05) is 42.5 Å². The largest absolute Gasteiger partial charge is 0.444 e. The second kappa shape index (κ2) is 11.6. The number of nitrogens with zero attached hydrogens (tertiary/aromatic N) is 5. The predicted octanol–water partition coefficient (Wildman–Crippen LogP) is 4.31. The minimum absolute atomic E-state index is 0.0629. The van der Waals surface area contributed by atoms with Gasteiger partial charge in [0.25, 0.3) is 5.91 Å². The number of amides is 2. The fourth-order valence-electron chi connectivity index (χ4n) is 4.97. The lowest BCUT2D eigenvalue weighted by atomic mass is 10.1. The summed E-state index contributed by atoms with van der Waals surface area (Å²) in [7, 11) is -1.99. The average Bonchev–Trinajstić information content (AvgIpc) is 3.45. The molecule has 2 atom stereocenters. The molecule has 0 spiro atoms. The van der Waals surface area contributed by atoms with Gasteiger partial charge in [-0.25, -0.2) is 22.7 Å². The maximum atomic E-state index is 13.5. The van der Waals surface area contributed by atoms with Gasteiger partial charge in [0.1, 0.15) is 11.4 Å². The molecular formula is C28H38ClN7O5S. The van der Waals surface area contributed by atoms with Gasteiger partial charge in [0.2, 0.25) is 10.0 Å². The topological polar surface area (TPSA) is 138 Å². The van der Waals surface area contributed by atoms with E-state index in [0.717, 1.165) is 36.2 Å². The van der Waals surface area contributed by atoms with Crippen LogP contribution in [0.4, 0.5) is 16.3 Å². The molecule has 1 fully saturated rings. The number of anilines is 2. The van der Waals surface area contributed by atoms with E-state index in [0.29, 0.717) is 22.9 Å². The maximum absolute atomic E-state index is 13.5. The Bertz CT molecular complexity index is 1630. The second-order valence-electron chi connectivity index (χ2n) is 11.8. The first-order chi connectivity index (χ1) is 19.4. The Kier molecular flexibility index (Phi) is 8.66. The summed E-state index contributed by atoms with van der Waals surface area (Å²) in [6.07, 6.45) is 3.25. The van der Waals surface area contributed by atoms with Gasteiger partial charge in [0.15, 0.2) is 5.65 Å². The van der Waals surface area contributed by atoms with Crippen molar-refractivity contribution in [2.45, 2.75) is 65.6 Å². The highest BCUT2D eigenvalue weighted by atomic mass is 35.5. The number of rotatable bonds is 7. The van der Waals surface area contributed by atoms with Gasteiger partial charge in [-0.3, -0.25) is 9.52 Å². The summed E-state index contributed by atoms with van der Waals surface area (Å²) in [5.74, 6) is 0.385. The Morgan fingerprint density at radius 3 is 2.57 bits per heavy atom. The number of aromatic nitrogens is 3. The number of sulfonamides is 1. The number of halogens is 1. The molecule has 1 saturated heterocycles. The molecule has 1 aliphatic rings. The zero-order valence-corrected chi connectivity index (χ0v) is 26.7. The number of alkyl carbamates (subject to hydrolysis) is 1. The van der Waals surface area contributed by atoms with Crippen LogP contribution in [0.1, 0.15) is 67.3 Å². The monoisotopic (exact) mass is 619 g/mol. The Balaban J connectivity index is 1.57. The number of fused-ring (bicyclic) bond motifs is 1. The molecule has 1 aromatic carbocycles. The molecule has 14 heteroatoms. The quantitative estimate of drug-likeness (QED) is 0.399. The van der Waals surface area contributed by atoms with Crippen LogP contribution in [0.2, 0.25) is 5.02 Å². The Hall–Kier alpha value is -3.58. The SMILES string of the molecule is Cc1cn2nc([C@H](C)N(C)C(=O)c3cc(Cl)ccc3NS(C)(=O)=O)c(C)c2nc1N1CC[C@H](NC(=O)OC(C)(C)C)C1. The van der Waals surface area contributed by atoms with Crippen molar-refractivity contribution in [2.24, 2.45) is 0 Å². The molecule has 1 aliphatic heterocycles. The van der Waals surface area contributed by atoms with Crippen LogP contribution in [-0.2, 0) is 14.8 Å². The third-order valence-electron chi connectivity index (χ3n) is 7.05. The average molecular weight is 620 g/mol. The van der Waals surface area contributed by atoms with E-state index in [1.807, 2.05) is 47.7 Å². The standard InChI is InChI=1S/C28H38ClN7O5S/c1-16-14-36-25(31-24(16)35-12-11-20(15-35)30-27(38)41-28(4,5)6)17(2)23(32-36)18(3)34(7)26(37)21-13-19(29)9-10-22(21)33-42(8,39)40/h9-10,13-14,18,20,33H,11-12,15H2,1-8H3,(H,30,38)/t18-,20-/m0/s1. The molecule has 0 unspecified atom stereocenters. The summed E-state index contributed by atoms with van der Waals surface area (Å²) in [6, 6.07) is 3.89. The van der Waals surface area contributed by atoms with E-state index in [9.17, 15) is 18.0 Å². The van der Waals surface area contributed by atoms with E-state index in [1.165, 1.54) is 23.1 Å². The van der Waals surface area contributed by atoms with Gasteiger partial charge in [-0.2, -0.15) is 5.10 Å². The molecule has 0 bridgehead atoms. The van der Waals surface area contributed by atoms with Crippen molar-refractivity contribution in [1.82, 2.24) is 24.8 Å². The number of benzene rings is 1. The second-order valence-corrected chi connectivity index (χ2v) is 13.9. The molecule has 0 aliphatic carbocycles. The van der Waals surface area contributed by atoms with E-state index in [4.69, 9.17) is 26.4 Å². The van der Waals surface area contributed by atoms with Gasteiger partial charge in [-0.15, -0.1) is 0 Å². The van der Waals surface area contributed by atoms with Crippen LogP contribution in [0, 0.1) is 13.8 Å². The van der Waals surface area contributed by atoms with E-state index in [1.54, 1.807) is 11.6 Å². The van der Waals surface area contributed by atoms with Crippen molar-refractivity contribution in [3.05, 3.63) is 51.8 Å². The lowest BCUT2D eigenvalue weighted by molar-refractivity contribution is 0.0508. The molecule has 2 amide bonds. The van der Waals surface area contributed by atoms with Crippen molar-refractivity contribution in [1.29, 1.82) is 0 Å². The van der Waals surface area contributed by atoms with Crippen molar-refractivity contribution >= 4 is 50.8 Å². The fourth-order valence-corrected chi connectivity index (χ4v) is 5.72. The van der Waals surface area contributed by atoms with Crippen molar-refractivity contribution < 1.29 is 22.7 Å². The highest BCUT2D eigenvalue weighted by Gasteiger charge is 2.30. The van der Waals surface area contributed by atoms with Gasteiger partial charge in [-0.1, -0.05) is 11.6 Å². The van der Waals surface area contributed by atoms with Crippen LogP contribution in [0.25, 0.3) is 5.65 Å². The summed E-state index contributed by atoms with van der Waals surface area (Å²) < 4.78 is 33.3. The number of hydrogen-bond acceptors (Lipinski definition) is 8. The van der Waals surface area contributed by atoms with Gasteiger partial charge in [-0.05, 0) is 66.2 Å². The number of carbonyl (C=O) groups excluding carboxylic acids is 2. The van der Waals surface area contributed by atoms with Crippen LogP contribution in [-0.4, -0.2) is 78.0 Å². The van der Waals surface area contributed by atoms with E-state index in [-0.39, 0.29) is 17.3 Å². The number of aryl methyl sites for hydroxylation is 2. The molecule has 0 radical (unpaired) electrons. The molecule has 2 aromatic heterocycles. The van der Waals surface area contributed by atoms with E-state index in [2.05, 4.69) is 14.9 Å². The first kappa shape index (κ1) is 31.4. The molecule has 3 heterocycles. The summed E-state index contributed by atoms with van der Waals surface area (Å²) in [6.45, 7) is 12.5. The minimum Gasteiger partial charge on any atom is -0.444 e. The van der Waals surface area contributed by atoms with E-state index < -0.39 is 33.7 Å². The predicted molar refractivity (Wildman–Crippen MR) is 163 cm³/mol. The van der Waals surface area contributed by atoms with Crippen molar-refractivity contribution in [3.8, 4) is 0 Å². The summed E-state index contributed by atoms with van der Waals surface area (Å²) in [5, 5.41) is 8.01. The third kappa shape index (κ3) is 7.06. The minimum atomic E-state index is -3.62. The molecule has 4 rings (SSSR count). The third-order valence-corrected chi connectivity index (χ3v) is 7.87. The number of carbonyl (C=O) groups is 2. The zero-order valence-electron chi connectivity index (χ0n) is 25.1. The number of nitrogens with one attached hydrogen (secondary N) is 2. The van der Waals surface area contributed by atoms with Gasteiger partial charge < -0.3 is 19.9 Å². The number of hydrogen-bond donors (Lipinski definition) is 2. The first-order valence-electron chi connectivity index (χ1n) is 13.6. The molecule has 0 saturated carbocycles. The Morgan fingerprint density at radius 1 is 1.24 bits per heavy atom. The first-order valence-corrected chi connectivity index (χ1v) is 15.9. The zero-order chi connectivity index (χ0) is 31.1. The van der Waals surface area contributed by atoms with Crippen LogP contribution in [0.15, 0.2) is 24.4 Å². The molecule has 12 nitrogen and oxygen atoms in total. The molecule has 2 N–H and O–H groups in total. The van der Waals surface area contributed by atoms with Crippen molar-refractivity contribution in [3.63, 3.8) is 0 Å². The molecule has 3 aromatic rings. The summed E-state index contributed by atoms with van der Waals surface area (Å²) >= 11 is 6.15. The van der Waals surface area contributed by atoms with Crippen LogP contribution < -0.4 is 14.9 Å².